The molecule has 0 aliphatic carbocycles. The van der Waals surface area contributed by atoms with E-state index < -0.39 is 5.91 Å². The van der Waals surface area contributed by atoms with Gasteiger partial charge in [-0.1, -0.05) is 18.2 Å². The summed E-state index contributed by atoms with van der Waals surface area (Å²) in [5, 5.41) is 2.62. The molecule has 0 atom stereocenters. The second-order valence-electron chi connectivity index (χ2n) is 5.39. The highest BCUT2D eigenvalue weighted by Crippen LogP contribution is 2.14. The molecule has 0 saturated heterocycles. The fourth-order valence-electron chi connectivity index (χ4n) is 2.48. The third-order valence-electron chi connectivity index (χ3n) is 3.87. The number of carbonyl (C=O) groups is 2. The molecule has 8 heteroatoms. The van der Waals surface area contributed by atoms with Crippen molar-refractivity contribution in [1.82, 2.24) is 20.2 Å². The molecule has 3 rings (SSSR count). The molecule has 0 bridgehead atoms. The molecule has 0 spiro atoms. The van der Waals surface area contributed by atoms with Crippen molar-refractivity contribution in [1.29, 1.82) is 0 Å². The molecule has 8 nitrogen and oxygen atoms in total. The topological polar surface area (TPSA) is 97.2 Å². The van der Waals surface area contributed by atoms with Gasteiger partial charge in [-0.15, -0.1) is 0 Å². The van der Waals surface area contributed by atoms with E-state index in [4.69, 9.17) is 0 Å². The van der Waals surface area contributed by atoms with E-state index in [9.17, 15) is 14.4 Å². The Balaban J connectivity index is 1.94. The van der Waals surface area contributed by atoms with Crippen LogP contribution in [0.15, 0.2) is 46.9 Å². The summed E-state index contributed by atoms with van der Waals surface area (Å²) in [5.74, 6) is -0.713. The van der Waals surface area contributed by atoms with Gasteiger partial charge in [-0.3, -0.25) is 29.9 Å². The van der Waals surface area contributed by atoms with E-state index >= 15 is 0 Å². The van der Waals surface area contributed by atoms with E-state index in [1.807, 2.05) is 30.3 Å². The number of hydrogen-bond donors (Lipinski definition) is 3. The molecule has 2 aromatic rings. The molecule has 0 unspecified atom stereocenters. The zero-order valence-corrected chi connectivity index (χ0v) is 13.3. The van der Waals surface area contributed by atoms with E-state index in [0.717, 1.165) is 0 Å². The monoisotopic (exact) mass is 327 g/mol. The zero-order valence-electron chi connectivity index (χ0n) is 13.3. The predicted molar refractivity (Wildman–Crippen MR) is 88.4 cm³/mol. The van der Waals surface area contributed by atoms with Crippen LogP contribution >= 0.6 is 0 Å². The van der Waals surface area contributed by atoms with Crippen LogP contribution in [0.1, 0.15) is 12.1 Å². The van der Waals surface area contributed by atoms with Gasteiger partial charge in [-0.2, -0.15) is 0 Å². The van der Waals surface area contributed by atoms with Crippen LogP contribution in [0, 0.1) is 6.92 Å². The number of rotatable bonds is 3. The maximum absolute atomic E-state index is 12.7. The highest BCUT2D eigenvalue weighted by atomic mass is 16.2. The van der Waals surface area contributed by atoms with Crippen molar-refractivity contribution in [3.8, 4) is 5.69 Å². The normalized spacial score (nSPS) is 13.8. The van der Waals surface area contributed by atoms with Crippen LogP contribution in [-0.4, -0.2) is 21.2 Å². The lowest BCUT2D eigenvalue weighted by Crippen LogP contribution is -2.43. The number of nitrogens with one attached hydrogen (secondary N) is 3. The Morgan fingerprint density at radius 2 is 1.88 bits per heavy atom. The number of amides is 2. The first-order chi connectivity index (χ1) is 11.5. The number of nitrogens with zero attached hydrogens (tertiary/aromatic N) is 2. The minimum Gasteiger partial charge on any atom is -0.314 e. The van der Waals surface area contributed by atoms with Crippen molar-refractivity contribution in [2.45, 2.75) is 13.3 Å². The number of aromatic nitrogens is 2. The minimum absolute atomic E-state index is 0.109. The lowest BCUT2D eigenvalue weighted by molar-refractivity contribution is -0.121. The van der Waals surface area contributed by atoms with E-state index in [1.165, 1.54) is 10.8 Å². The van der Waals surface area contributed by atoms with Gasteiger partial charge in [0, 0.05) is 13.5 Å². The van der Waals surface area contributed by atoms with Gasteiger partial charge in [-0.05, 0) is 25.1 Å². The molecule has 3 N–H and O–H groups in total. The molecule has 2 heterocycles. The Hall–Kier alpha value is -3.29. The van der Waals surface area contributed by atoms with Crippen LogP contribution in [0.3, 0.4) is 0 Å². The van der Waals surface area contributed by atoms with Crippen molar-refractivity contribution in [3.05, 3.63) is 58.2 Å². The number of benzene rings is 1. The van der Waals surface area contributed by atoms with Crippen LogP contribution in [0.2, 0.25) is 0 Å². The first kappa shape index (κ1) is 15.6. The highest BCUT2D eigenvalue weighted by Gasteiger charge is 2.21. The molecule has 1 aliphatic heterocycles. The van der Waals surface area contributed by atoms with Crippen molar-refractivity contribution >= 4 is 17.5 Å². The van der Waals surface area contributed by atoms with Gasteiger partial charge < -0.3 is 5.32 Å². The lowest BCUT2D eigenvalue weighted by atomic mass is 10.2. The molecule has 2 amide bonds. The van der Waals surface area contributed by atoms with Gasteiger partial charge in [0.15, 0.2) is 0 Å². The first-order valence-corrected chi connectivity index (χ1v) is 7.39. The average Bonchev–Trinajstić information content (AvgIpc) is 2.80. The summed E-state index contributed by atoms with van der Waals surface area (Å²) in [6, 6.07) is 9.16. The largest absolute Gasteiger partial charge is 0.314 e. The molecule has 0 radical (unpaired) electrons. The molecular formula is C16H17N5O3. The maximum Gasteiger partial charge on any atom is 0.295 e. The smallest absolute Gasteiger partial charge is 0.295 e. The summed E-state index contributed by atoms with van der Waals surface area (Å²) >= 11 is 0. The van der Waals surface area contributed by atoms with Crippen molar-refractivity contribution < 1.29 is 9.59 Å². The summed E-state index contributed by atoms with van der Waals surface area (Å²) in [7, 11) is 1.75. The van der Waals surface area contributed by atoms with Crippen LogP contribution in [0.5, 0.6) is 0 Å². The number of hydrogen-bond acceptors (Lipinski definition) is 4. The van der Waals surface area contributed by atoms with Gasteiger partial charge in [-0.25, -0.2) is 4.68 Å². The fraction of sp³-hybridized carbons (Fsp3) is 0.188. The Labute approximate surface area is 137 Å². The highest BCUT2D eigenvalue weighted by molar-refractivity contribution is 6.04. The second kappa shape index (κ2) is 6.07. The third kappa shape index (κ3) is 2.69. The molecule has 24 heavy (non-hydrogen) atoms. The van der Waals surface area contributed by atoms with E-state index in [0.29, 0.717) is 11.4 Å². The summed E-state index contributed by atoms with van der Waals surface area (Å²) in [5.41, 5.74) is 6.28. The third-order valence-corrected chi connectivity index (χ3v) is 3.87. The van der Waals surface area contributed by atoms with Crippen molar-refractivity contribution in [2.75, 3.05) is 5.32 Å². The quantitative estimate of drug-likeness (QED) is 0.757. The standard InChI is InChI=1S/C16H17N5O3/c1-10-14(17-15(23)12-8-9-13(22)19-18-12)16(24)21(20(10)2)11-6-4-3-5-7-11/h3-8,18H,9H2,1-2H3,(H,17,23)(H,19,22). The van der Waals surface area contributed by atoms with Crippen molar-refractivity contribution in [3.63, 3.8) is 0 Å². The first-order valence-electron chi connectivity index (χ1n) is 7.39. The number of para-hydroxylation sites is 1. The Bertz CT molecular complexity index is 892. The van der Waals surface area contributed by atoms with E-state index in [2.05, 4.69) is 16.2 Å². The summed E-state index contributed by atoms with van der Waals surface area (Å²) in [4.78, 5) is 36.1. The van der Waals surface area contributed by atoms with Gasteiger partial charge in [0.25, 0.3) is 11.5 Å². The van der Waals surface area contributed by atoms with Gasteiger partial charge in [0.1, 0.15) is 11.4 Å². The van der Waals surface area contributed by atoms with Crippen LogP contribution < -0.4 is 21.7 Å². The fourth-order valence-corrected chi connectivity index (χ4v) is 2.48. The Morgan fingerprint density at radius 3 is 2.50 bits per heavy atom. The predicted octanol–water partition coefficient (Wildman–Crippen LogP) is 0.331. The molecule has 0 saturated carbocycles. The van der Waals surface area contributed by atoms with Crippen LogP contribution in [0.25, 0.3) is 5.69 Å². The molecular weight excluding hydrogens is 310 g/mol. The molecule has 1 aliphatic rings. The van der Waals surface area contributed by atoms with Crippen LogP contribution in [-0.2, 0) is 16.6 Å². The maximum atomic E-state index is 12.7. The lowest BCUT2D eigenvalue weighted by Gasteiger charge is -2.15. The van der Waals surface area contributed by atoms with Gasteiger partial charge in [0.05, 0.1) is 11.4 Å². The zero-order chi connectivity index (χ0) is 17.3. The summed E-state index contributed by atoms with van der Waals surface area (Å²) < 4.78 is 3.16. The molecule has 124 valence electrons. The summed E-state index contributed by atoms with van der Waals surface area (Å²) in [6.07, 6.45) is 1.58. The Kier molecular flexibility index (Phi) is 3.95. The minimum atomic E-state index is -0.485. The number of hydrazine groups is 1. The Morgan fingerprint density at radius 1 is 1.17 bits per heavy atom. The van der Waals surface area contributed by atoms with Gasteiger partial charge in [0.2, 0.25) is 5.91 Å². The SMILES string of the molecule is Cc1c(NC(=O)C2=CCC(=O)NN2)c(=O)n(-c2ccccc2)n1C. The summed E-state index contributed by atoms with van der Waals surface area (Å²) in [6.45, 7) is 1.75. The average molecular weight is 327 g/mol. The number of anilines is 1. The molecule has 1 aromatic carbocycles. The van der Waals surface area contributed by atoms with Crippen molar-refractivity contribution in [2.24, 2.45) is 7.05 Å². The van der Waals surface area contributed by atoms with Gasteiger partial charge >= 0.3 is 0 Å². The second-order valence-corrected chi connectivity index (χ2v) is 5.39. The molecule has 0 fully saturated rings. The van der Waals surface area contributed by atoms with Crippen LogP contribution in [0.4, 0.5) is 5.69 Å². The molecule has 1 aromatic heterocycles. The van der Waals surface area contributed by atoms with E-state index in [-0.39, 0.29) is 29.3 Å². The van der Waals surface area contributed by atoms with E-state index in [1.54, 1.807) is 18.7 Å². The number of carbonyl (C=O) groups excluding carboxylic acids is 2.